The molecule has 0 spiro atoms. The summed E-state index contributed by atoms with van der Waals surface area (Å²) < 4.78 is 0. The van der Waals surface area contributed by atoms with Gasteiger partial charge in [-0.15, -0.1) is 0 Å². The number of nitrogens with two attached hydrogens (primary N) is 1. The van der Waals surface area contributed by atoms with Gasteiger partial charge in [-0.25, -0.2) is 9.97 Å². The van der Waals surface area contributed by atoms with E-state index in [9.17, 15) is 9.59 Å². The van der Waals surface area contributed by atoms with Gasteiger partial charge >= 0.3 is 0 Å². The van der Waals surface area contributed by atoms with Crippen molar-refractivity contribution in [2.75, 3.05) is 11.1 Å². The minimum Gasteiger partial charge on any atom is -0.504 e. The van der Waals surface area contributed by atoms with Crippen molar-refractivity contribution in [3.63, 3.8) is 0 Å². The van der Waals surface area contributed by atoms with E-state index in [0.29, 0.717) is 17.8 Å². The molecule has 0 saturated heterocycles. The summed E-state index contributed by atoms with van der Waals surface area (Å²) in [6.07, 6.45) is 1.52. The van der Waals surface area contributed by atoms with E-state index in [1.807, 2.05) is 0 Å². The Morgan fingerprint density at radius 2 is 1.96 bits per heavy atom. The molecule has 0 saturated carbocycles. The first-order valence-electron chi connectivity index (χ1n) is 6.99. The number of nitrogen functional groups attached to an aromatic ring is 1. The van der Waals surface area contributed by atoms with Crippen LogP contribution >= 0.6 is 0 Å². The van der Waals surface area contributed by atoms with Crippen molar-refractivity contribution in [2.45, 2.75) is 6.54 Å². The average Bonchev–Trinajstić information content (AvgIpc) is 2.60. The maximum Gasteiger partial charge on any atom is 0.280 e. The van der Waals surface area contributed by atoms with Crippen LogP contribution in [0.5, 0.6) is 0 Å². The topological polar surface area (TPSA) is 139 Å². The first kappa shape index (κ1) is 18.9. The molecule has 3 aromatic rings. The number of hydrogen-bond donors (Lipinski definition) is 4. The van der Waals surface area contributed by atoms with E-state index in [4.69, 9.17) is 5.73 Å². The van der Waals surface area contributed by atoms with Gasteiger partial charge in [-0.1, -0.05) is 0 Å². The molecule has 0 unspecified atom stereocenters. The first-order chi connectivity index (χ1) is 11.6. The van der Waals surface area contributed by atoms with Gasteiger partial charge in [0.05, 0.1) is 18.4 Å². The Balaban J connectivity index is 0.00000225. The molecule has 0 fully saturated rings. The number of anilines is 2. The van der Waals surface area contributed by atoms with E-state index in [1.54, 1.807) is 24.3 Å². The minimum atomic E-state index is -0.435. The number of carbonyl (C=O) groups excluding carboxylic acids is 1. The summed E-state index contributed by atoms with van der Waals surface area (Å²) in [6, 6.07) is 6.86. The van der Waals surface area contributed by atoms with Crippen molar-refractivity contribution in [3.05, 3.63) is 59.1 Å². The molecular weight excluding hydrogens is 399 g/mol. The molecule has 1 amide bonds. The van der Waals surface area contributed by atoms with E-state index in [-0.39, 0.29) is 55.7 Å². The van der Waals surface area contributed by atoms with Gasteiger partial charge in [-0.2, -0.15) is 4.98 Å². The fraction of sp³-hybridized carbons (Fsp3) is 0.0667. The summed E-state index contributed by atoms with van der Waals surface area (Å²) in [5, 5.41) is 5.44. The van der Waals surface area contributed by atoms with Crippen LogP contribution in [0.15, 0.2) is 35.3 Å². The number of hydrogen-bond acceptors (Lipinski definition) is 7. The SMILES string of the molecule is [CH2-]NC(=O)c1ccc(NCc2cnc3nc(N)[nH]c(=O)c3n2)cc1.[Y]. The van der Waals surface area contributed by atoms with E-state index in [1.165, 1.54) is 6.20 Å². The van der Waals surface area contributed by atoms with Crippen molar-refractivity contribution >= 4 is 28.7 Å². The molecule has 0 aliphatic rings. The number of nitrogens with one attached hydrogen (secondary N) is 3. The summed E-state index contributed by atoms with van der Waals surface area (Å²) in [6.45, 7) is 0.355. The second-order valence-electron chi connectivity index (χ2n) is 4.92. The first-order valence-corrected chi connectivity index (χ1v) is 6.99. The minimum absolute atomic E-state index is 0. The van der Waals surface area contributed by atoms with E-state index < -0.39 is 5.56 Å². The second kappa shape index (κ2) is 8.13. The maximum atomic E-state index is 11.8. The number of carbonyl (C=O) groups is 1. The molecule has 0 aliphatic carbocycles. The molecule has 10 heteroatoms. The predicted octanol–water partition coefficient (Wildman–Crippen LogP) is 0.426. The fourth-order valence-electron chi connectivity index (χ4n) is 2.09. The molecule has 9 nitrogen and oxygen atoms in total. The van der Waals surface area contributed by atoms with E-state index in [0.717, 1.165) is 5.69 Å². The van der Waals surface area contributed by atoms with Crippen LogP contribution in [0.2, 0.25) is 0 Å². The largest absolute Gasteiger partial charge is 0.504 e. The second-order valence-corrected chi connectivity index (χ2v) is 4.92. The number of amides is 1. The molecular formula is C15H14N7O2Y-. The van der Waals surface area contributed by atoms with E-state index in [2.05, 4.69) is 37.6 Å². The molecule has 125 valence electrons. The summed E-state index contributed by atoms with van der Waals surface area (Å²) in [4.78, 5) is 37.9. The van der Waals surface area contributed by atoms with Crippen molar-refractivity contribution < 1.29 is 37.5 Å². The number of benzene rings is 1. The van der Waals surface area contributed by atoms with Gasteiger partial charge in [-0.3, -0.25) is 21.6 Å². The number of nitrogens with zero attached hydrogens (tertiary/aromatic N) is 3. The third-order valence-corrected chi connectivity index (χ3v) is 3.27. The molecule has 0 aliphatic heterocycles. The van der Waals surface area contributed by atoms with Gasteiger partial charge in [-0.05, 0) is 24.3 Å². The number of H-pyrrole nitrogens is 1. The Morgan fingerprint density at radius 1 is 1.24 bits per heavy atom. The zero-order valence-electron chi connectivity index (χ0n) is 13.1. The van der Waals surface area contributed by atoms with Crippen LogP contribution in [-0.2, 0) is 39.3 Å². The van der Waals surface area contributed by atoms with Crippen molar-refractivity contribution in [3.8, 4) is 0 Å². The molecule has 0 atom stereocenters. The Morgan fingerprint density at radius 3 is 2.64 bits per heavy atom. The standard InChI is InChI=1S/C15H14N7O2.Y/c1-17-13(23)8-2-4-9(5-3-8)18-6-10-7-19-12-11(20-10)14(24)22-15(16)21-12;/h2-5,7,18H,1,6H2,(H,17,23)(H3,16,19,21,22,24);/q-1;. The van der Waals surface area contributed by atoms with Crippen LogP contribution in [0.3, 0.4) is 0 Å². The Hall–Kier alpha value is -2.39. The molecule has 2 aromatic heterocycles. The van der Waals surface area contributed by atoms with Gasteiger partial charge in [0.15, 0.2) is 11.2 Å². The van der Waals surface area contributed by atoms with Crippen molar-refractivity contribution in [1.82, 2.24) is 25.3 Å². The van der Waals surface area contributed by atoms with Crippen LogP contribution in [0.25, 0.3) is 11.2 Å². The zero-order valence-corrected chi connectivity index (χ0v) is 16.0. The van der Waals surface area contributed by atoms with Gasteiger partial charge in [0.25, 0.3) is 5.56 Å². The van der Waals surface area contributed by atoms with Crippen LogP contribution < -0.4 is 21.9 Å². The fourth-order valence-corrected chi connectivity index (χ4v) is 2.09. The molecule has 5 N–H and O–H groups in total. The third-order valence-electron chi connectivity index (χ3n) is 3.27. The molecule has 1 radical (unpaired) electrons. The zero-order chi connectivity index (χ0) is 17.1. The van der Waals surface area contributed by atoms with Gasteiger partial charge in [0.2, 0.25) is 11.9 Å². The summed E-state index contributed by atoms with van der Waals surface area (Å²) in [7, 11) is 3.33. The Labute approximate surface area is 167 Å². The number of rotatable bonds is 4. The number of aromatic nitrogens is 4. The Bertz CT molecular complexity index is 956. The summed E-state index contributed by atoms with van der Waals surface area (Å²) in [5.74, 6) is -0.257. The van der Waals surface area contributed by atoms with Crippen LogP contribution in [0, 0.1) is 7.05 Å². The van der Waals surface area contributed by atoms with Gasteiger partial charge < -0.3 is 16.4 Å². The molecule has 25 heavy (non-hydrogen) atoms. The molecule has 0 bridgehead atoms. The Kier molecular flexibility index (Phi) is 6.16. The molecule has 3 rings (SSSR count). The van der Waals surface area contributed by atoms with Gasteiger partial charge in [0.1, 0.15) is 0 Å². The van der Waals surface area contributed by atoms with E-state index >= 15 is 0 Å². The predicted molar refractivity (Wildman–Crippen MR) is 89.0 cm³/mol. The van der Waals surface area contributed by atoms with Gasteiger partial charge in [0, 0.05) is 44.0 Å². The number of fused-ring (bicyclic) bond motifs is 1. The van der Waals surface area contributed by atoms with Crippen LogP contribution in [-0.4, -0.2) is 25.8 Å². The van der Waals surface area contributed by atoms with Crippen LogP contribution in [0.1, 0.15) is 16.1 Å². The quantitative estimate of drug-likeness (QED) is 0.455. The average molecular weight is 413 g/mol. The van der Waals surface area contributed by atoms with Crippen molar-refractivity contribution in [2.24, 2.45) is 0 Å². The molecule has 1 aromatic carbocycles. The third kappa shape index (κ3) is 4.37. The normalized spacial score (nSPS) is 10.1. The summed E-state index contributed by atoms with van der Waals surface area (Å²) >= 11 is 0. The van der Waals surface area contributed by atoms with Crippen LogP contribution in [0.4, 0.5) is 11.6 Å². The van der Waals surface area contributed by atoms with Crippen molar-refractivity contribution in [1.29, 1.82) is 0 Å². The number of aromatic amines is 1. The monoisotopic (exact) mass is 413 g/mol. The smallest absolute Gasteiger partial charge is 0.280 e. The maximum absolute atomic E-state index is 11.8. The summed E-state index contributed by atoms with van der Waals surface area (Å²) in [5.41, 5.74) is 7.23. The molecule has 2 heterocycles.